The molecule has 1 atom stereocenters. The van der Waals surface area contributed by atoms with Gasteiger partial charge in [-0.15, -0.1) is 11.3 Å². The predicted octanol–water partition coefficient (Wildman–Crippen LogP) is 3.49. The minimum Gasteiger partial charge on any atom is -0.319 e. The molecule has 1 N–H and O–H groups in total. The fourth-order valence-corrected chi connectivity index (χ4v) is 3.78. The largest absolute Gasteiger partial charge is 0.319 e. The molecule has 7 heteroatoms. The third-order valence-corrected chi connectivity index (χ3v) is 5.04. The Hall–Kier alpha value is -2.80. The summed E-state index contributed by atoms with van der Waals surface area (Å²) in [6.07, 6.45) is 3.27. The van der Waals surface area contributed by atoms with Crippen LogP contribution in [0.15, 0.2) is 53.2 Å². The number of hydrogen-bond acceptors (Lipinski definition) is 5. The van der Waals surface area contributed by atoms with E-state index in [-0.39, 0.29) is 11.6 Å². The molecule has 1 unspecified atom stereocenters. The van der Waals surface area contributed by atoms with Crippen molar-refractivity contribution in [3.63, 3.8) is 0 Å². The van der Waals surface area contributed by atoms with Gasteiger partial charge in [-0.05, 0) is 35.1 Å². The van der Waals surface area contributed by atoms with Crippen LogP contribution in [0.5, 0.6) is 0 Å². The number of rotatable bonds is 4. The van der Waals surface area contributed by atoms with Gasteiger partial charge >= 0.3 is 0 Å². The van der Waals surface area contributed by atoms with Gasteiger partial charge in [-0.3, -0.25) is 4.79 Å². The van der Waals surface area contributed by atoms with Crippen molar-refractivity contribution in [2.75, 3.05) is 0 Å². The maximum atomic E-state index is 12.3. The summed E-state index contributed by atoms with van der Waals surface area (Å²) in [7, 11) is 0. The lowest BCUT2D eigenvalue weighted by Gasteiger charge is -2.21. The van der Waals surface area contributed by atoms with Gasteiger partial charge in [0.1, 0.15) is 18.3 Å². The van der Waals surface area contributed by atoms with Crippen LogP contribution in [-0.2, 0) is 0 Å². The fourth-order valence-electron chi connectivity index (χ4n) is 3.07. The number of fused-ring (bicyclic) bond motifs is 1. The monoisotopic (exact) mass is 351 g/mol. The molecule has 0 fully saturated rings. The van der Waals surface area contributed by atoms with Gasteiger partial charge in [0, 0.05) is 0 Å². The van der Waals surface area contributed by atoms with Crippen LogP contribution >= 0.6 is 11.3 Å². The van der Waals surface area contributed by atoms with E-state index >= 15 is 0 Å². The minimum atomic E-state index is -0.167. The third kappa shape index (κ3) is 2.87. The molecule has 126 valence electrons. The molecule has 25 heavy (non-hydrogen) atoms. The summed E-state index contributed by atoms with van der Waals surface area (Å²) < 4.78 is 1.86. The quantitative estimate of drug-likeness (QED) is 0.610. The van der Waals surface area contributed by atoms with E-state index in [0.29, 0.717) is 11.6 Å². The number of nitrogens with one attached hydrogen (secondary N) is 1. The highest BCUT2D eigenvalue weighted by Crippen LogP contribution is 2.28. The minimum absolute atomic E-state index is 0.0609. The lowest BCUT2D eigenvalue weighted by atomic mass is 9.96. The van der Waals surface area contributed by atoms with E-state index in [2.05, 4.69) is 33.9 Å². The van der Waals surface area contributed by atoms with E-state index in [0.717, 1.165) is 21.5 Å². The first-order chi connectivity index (χ1) is 12.1. The number of hydrogen-bond donors (Lipinski definition) is 1. The molecule has 0 aliphatic carbocycles. The van der Waals surface area contributed by atoms with E-state index in [9.17, 15) is 4.79 Å². The highest BCUT2D eigenvalue weighted by Gasteiger charge is 2.19. The molecule has 1 aromatic carbocycles. The molecular formula is C18H17N5OS. The molecule has 0 aliphatic rings. The number of aromatic amines is 1. The number of benzene rings is 1. The van der Waals surface area contributed by atoms with E-state index in [1.54, 1.807) is 12.7 Å². The summed E-state index contributed by atoms with van der Waals surface area (Å²) in [5.74, 6) is 0.332. The smallest absolute Gasteiger partial charge is 0.275 e. The Morgan fingerprint density at radius 3 is 2.80 bits per heavy atom. The first-order valence-electron chi connectivity index (χ1n) is 8.05. The van der Waals surface area contributed by atoms with Crippen LogP contribution in [0.25, 0.3) is 21.6 Å². The van der Waals surface area contributed by atoms with Crippen LogP contribution in [0.1, 0.15) is 25.5 Å². The summed E-state index contributed by atoms with van der Waals surface area (Å²) in [5, 5.41) is 6.24. The van der Waals surface area contributed by atoms with Crippen molar-refractivity contribution < 1.29 is 0 Å². The molecule has 0 aliphatic heterocycles. The summed E-state index contributed by atoms with van der Waals surface area (Å²) in [6, 6.07) is 9.83. The van der Waals surface area contributed by atoms with Gasteiger partial charge < -0.3 is 4.98 Å². The average molecular weight is 351 g/mol. The summed E-state index contributed by atoms with van der Waals surface area (Å²) >= 11 is 1.51. The normalized spacial score (nSPS) is 12.8. The van der Waals surface area contributed by atoms with Crippen molar-refractivity contribution in [3.8, 4) is 10.6 Å². The average Bonchev–Trinajstić information content (AvgIpc) is 3.28. The molecular weight excluding hydrogens is 334 g/mol. The maximum Gasteiger partial charge on any atom is 0.275 e. The zero-order valence-electron chi connectivity index (χ0n) is 13.9. The lowest BCUT2D eigenvalue weighted by Crippen LogP contribution is -2.17. The summed E-state index contributed by atoms with van der Waals surface area (Å²) in [6.45, 7) is 4.29. The van der Waals surface area contributed by atoms with E-state index in [1.807, 2.05) is 40.4 Å². The molecule has 3 heterocycles. The van der Waals surface area contributed by atoms with Crippen molar-refractivity contribution in [2.24, 2.45) is 5.92 Å². The van der Waals surface area contributed by atoms with E-state index < -0.39 is 0 Å². The van der Waals surface area contributed by atoms with Gasteiger partial charge in [0.05, 0.1) is 22.0 Å². The Bertz CT molecular complexity index is 1050. The second kappa shape index (κ2) is 6.25. The second-order valence-electron chi connectivity index (χ2n) is 6.23. The molecule has 4 rings (SSSR count). The first kappa shape index (κ1) is 15.7. The molecule has 0 spiro atoms. The van der Waals surface area contributed by atoms with Gasteiger partial charge in [-0.25, -0.2) is 14.6 Å². The molecule has 0 amide bonds. The molecule has 0 saturated carbocycles. The molecule has 6 nitrogen and oxygen atoms in total. The van der Waals surface area contributed by atoms with Gasteiger partial charge in [-0.2, -0.15) is 5.10 Å². The Labute approximate surface area is 148 Å². The van der Waals surface area contributed by atoms with Crippen LogP contribution in [0.3, 0.4) is 0 Å². The first-order valence-corrected chi connectivity index (χ1v) is 8.93. The molecule has 0 radical (unpaired) electrons. The van der Waals surface area contributed by atoms with E-state index in [1.165, 1.54) is 11.3 Å². The molecule has 0 bridgehead atoms. The van der Waals surface area contributed by atoms with Gasteiger partial charge in [-0.1, -0.05) is 26.0 Å². The Kier molecular flexibility index (Phi) is 3.93. The van der Waals surface area contributed by atoms with Crippen LogP contribution < -0.4 is 5.56 Å². The SMILES string of the molecule is CC(C)C(c1ccc2[nH]c(=O)c(-c3cccs3)nc2c1)n1cncn1. The van der Waals surface area contributed by atoms with Crippen molar-refractivity contribution in [1.82, 2.24) is 24.7 Å². The Morgan fingerprint density at radius 1 is 1.24 bits per heavy atom. The maximum absolute atomic E-state index is 12.3. The van der Waals surface area contributed by atoms with Gasteiger partial charge in [0.15, 0.2) is 0 Å². The van der Waals surface area contributed by atoms with Crippen LogP contribution in [0, 0.1) is 5.92 Å². The summed E-state index contributed by atoms with van der Waals surface area (Å²) in [5.41, 5.74) is 2.88. The van der Waals surface area contributed by atoms with Crippen molar-refractivity contribution in [1.29, 1.82) is 0 Å². The number of nitrogens with zero attached hydrogens (tertiary/aromatic N) is 4. The molecule has 4 aromatic rings. The topological polar surface area (TPSA) is 76.5 Å². The zero-order chi connectivity index (χ0) is 17.4. The molecule has 0 saturated heterocycles. The Morgan fingerprint density at radius 2 is 2.12 bits per heavy atom. The van der Waals surface area contributed by atoms with Crippen LogP contribution in [-0.4, -0.2) is 24.7 Å². The molecule has 3 aromatic heterocycles. The fraction of sp³-hybridized carbons (Fsp3) is 0.222. The van der Waals surface area contributed by atoms with E-state index in [4.69, 9.17) is 0 Å². The second-order valence-corrected chi connectivity index (χ2v) is 7.18. The third-order valence-electron chi connectivity index (χ3n) is 4.17. The van der Waals surface area contributed by atoms with Crippen molar-refractivity contribution in [2.45, 2.75) is 19.9 Å². The number of thiophene rings is 1. The highest BCUT2D eigenvalue weighted by molar-refractivity contribution is 7.13. The highest BCUT2D eigenvalue weighted by atomic mass is 32.1. The standard InChI is InChI=1S/C18H17N5OS/c1-11(2)17(23-10-19-9-20-23)12-5-6-13-14(8-12)21-16(18(24)22-13)15-4-3-7-25-15/h3-11,17H,1-2H3,(H,22,24). The van der Waals surface area contributed by atoms with Crippen molar-refractivity contribution in [3.05, 3.63) is 64.3 Å². The van der Waals surface area contributed by atoms with Crippen molar-refractivity contribution >= 4 is 22.4 Å². The van der Waals surface area contributed by atoms with Crippen LogP contribution in [0.2, 0.25) is 0 Å². The summed E-state index contributed by atoms with van der Waals surface area (Å²) in [4.78, 5) is 24.8. The lowest BCUT2D eigenvalue weighted by molar-refractivity contribution is 0.402. The number of H-pyrrole nitrogens is 1. The van der Waals surface area contributed by atoms with Gasteiger partial charge in [0.2, 0.25) is 0 Å². The Balaban J connectivity index is 1.87. The zero-order valence-corrected chi connectivity index (χ0v) is 14.7. The van der Waals surface area contributed by atoms with Crippen LogP contribution in [0.4, 0.5) is 0 Å². The predicted molar refractivity (Wildman–Crippen MR) is 98.7 cm³/mol. The number of aromatic nitrogens is 5. The van der Waals surface area contributed by atoms with Gasteiger partial charge in [0.25, 0.3) is 5.56 Å².